The molecule has 1 atom stereocenters. The summed E-state index contributed by atoms with van der Waals surface area (Å²) < 4.78 is 61.3. The third-order valence-corrected chi connectivity index (χ3v) is 6.10. The summed E-state index contributed by atoms with van der Waals surface area (Å²) in [5.74, 6) is -1.14. The van der Waals surface area contributed by atoms with Crippen LogP contribution in [0.2, 0.25) is 0 Å². The van der Waals surface area contributed by atoms with Gasteiger partial charge in [0.15, 0.2) is 0 Å². The van der Waals surface area contributed by atoms with Crippen molar-refractivity contribution in [1.29, 1.82) is 0 Å². The topological polar surface area (TPSA) is 86.3 Å². The molecule has 11 heteroatoms. The van der Waals surface area contributed by atoms with Crippen LogP contribution in [0.15, 0.2) is 36.5 Å². The predicted molar refractivity (Wildman–Crippen MR) is 117 cm³/mol. The minimum atomic E-state index is -4.51. The number of benzene rings is 2. The van der Waals surface area contributed by atoms with E-state index in [0.29, 0.717) is 21.9 Å². The van der Waals surface area contributed by atoms with E-state index in [0.717, 1.165) is 18.2 Å². The molecule has 0 unspecified atom stereocenters. The number of hydrogen-bond acceptors (Lipinski definition) is 5. The van der Waals surface area contributed by atoms with Gasteiger partial charge in [0.25, 0.3) is 5.91 Å². The molecule has 0 radical (unpaired) electrons. The second kappa shape index (κ2) is 7.57. The summed E-state index contributed by atoms with van der Waals surface area (Å²) in [5.41, 5.74) is 6.26. The van der Waals surface area contributed by atoms with Gasteiger partial charge in [-0.25, -0.2) is 9.37 Å². The molecular formula is C23H19F4N5O2. The number of anilines is 1. The summed E-state index contributed by atoms with van der Waals surface area (Å²) in [6, 6.07) is 5.06. The van der Waals surface area contributed by atoms with E-state index >= 15 is 4.39 Å². The van der Waals surface area contributed by atoms with Gasteiger partial charge in [0.2, 0.25) is 0 Å². The minimum Gasteiger partial charge on any atom is -0.491 e. The van der Waals surface area contributed by atoms with Crippen molar-refractivity contribution in [3.8, 4) is 5.75 Å². The van der Waals surface area contributed by atoms with Crippen LogP contribution in [0.3, 0.4) is 0 Å². The molecule has 2 aromatic carbocycles. The largest absolute Gasteiger partial charge is 0.491 e. The third kappa shape index (κ3) is 3.30. The van der Waals surface area contributed by atoms with Crippen molar-refractivity contribution in [2.75, 3.05) is 18.9 Å². The number of likely N-dealkylation sites (N-methyl/N-ethyl adjacent to an activating group) is 1. The molecule has 0 fully saturated rings. The van der Waals surface area contributed by atoms with Crippen LogP contribution in [0.25, 0.3) is 21.8 Å². The van der Waals surface area contributed by atoms with Crippen molar-refractivity contribution >= 4 is 33.5 Å². The second-order valence-electron chi connectivity index (χ2n) is 8.05. The number of halogens is 4. The predicted octanol–water partition coefficient (Wildman–Crippen LogP) is 4.46. The zero-order valence-corrected chi connectivity index (χ0v) is 18.2. The highest BCUT2D eigenvalue weighted by molar-refractivity contribution is 6.10. The van der Waals surface area contributed by atoms with Crippen molar-refractivity contribution in [1.82, 2.24) is 19.7 Å². The van der Waals surface area contributed by atoms with Crippen molar-refractivity contribution in [2.24, 2.45) is 7.05 Å². The van der Waals surface area contributed by atoms with Crippen LogP contribution >= 0.6 is 0 Å². The van der Waals surface area contributed by atoms with E-state index in [-0.39, 0.29) is 35.8 Å². The monoisotopic (exact) mass is 473 g/mol. The molecule has 4 aromatic rings. The lowest BCUT2D eigenvalue weighted by Crippen LogP contribution is -2.36. The molecule has 0 spiro atoms. The lowest BCUT2D eigenvalue weighted by atomic mass is 10.0. The molecule has 5 rings (SSSR count). The molecule has 176 valence electrons. The Morgan fingerprint density at radius 3 is 2.74 bits per heavy atom. The summed E-state index contributed by atoms with van der Waals surface area (Å²) in [6.45, 7) is 1.86. The summed E-state index contributed by atoms with van der Waals surface area (Å²) in [6.07, 6.45) is -2.97. The summed E-state index contributed by atoms with van der Waals surface area (Å²) in [5, 5.41) is 5.26. The standard InChI is InChI=1S/C23H19F4N5O2/c1-3-32(18-10-34-19-6-11(23(25,26)27)4-5-12(18)19)22(33)13-7-14-17(8-16(13)24)30-21(28)15-9-29-31(2)20(14)15/h4-9,18H,3,10H2,1-2H3,(H2,28,30)/t18-/m0/s1. The van der Waals surface area contributed by atoms with Gasteiger partial charge in [-0.15, -0.1) is 0 Å². The number of rotatable bonds is 3. The molecule has 1 amide bonds. The van der Waals surface area contributed by atoms with Gasteiger partial charge in [-0.1, -0.05) is 6.07 Å². The quantitative estimate of drug-likeness (QED) is 0.444. The first-order chi connectivity index (χ1) is 16.1. The second-order valence-corrected chi connectivity index (χ2v) is 8.05. The van der Waals surface area contributed by atoms with Crippen LogP contribution in [0.4, 0.5) is 23.4 Å². The molecule has 1 aliphatic rings. The van der Waals surface area contributed by atoms with Crippen LogP contribution in [0.1, 0.15) is 34.5 Å². The van der Waals surface area contributed by atoms with E-state index in [1.807, 2.05) is 0 Å². The number of nitrogens with zero attached hydrogens (tertiary/aromatic N) is 4. The first-order valence-electron chi connectivity index (χ1n) is 10.5. The Morgan fingerprint density at radius 2 is 2.03 bits per heavy atom. The number of ether oxygens (including phenoxy) is 1. The molecule has 0 saturated heterocycles. The zero-order valence-electron chi connectivity index (χ0n) is 18.2. The smallest absolute Gasteiger partial charge is 0.416 e. The Hall–Kier alpha value is -3.89. The number of pyridine rings is 1. The van der Waals surface area contributed by atoms with E-state index in [2.05, 4.69) is 10.1 Å². The van der Waals surface area contributed by atoms with Gasteiger partial charge >= 0.3 is 6.18 Å². The van der Waals surface area contributed by atoms with E-state index in [1.165, 1.54) is 17.0 Å². The number of nitrogen functional groups attached to an aromatic ring is 1. The average molecular weight is 473 g/mol. The fourth-order valence-electron chi connectivity index (χ4n) is 4.43. The van der Waals surface area contributed by atoms with Crippen molar-refractivity contribution in [3.63, 3.8) is 0 Å². The molecular weight excluding hydrogens is 454 g/mol. The SMILES string of the molecule is CCN(C(=O)c1cc2c(cc1F)nc(N)c1cnn(C)c12)[C@H]1COc2cc(C(F)(F)F)ccc21. The first-order valence-corrected chi connectivity index (χ1v) is 10.5. The number of carbonyl (C=O) groups is 1. The Kier molecular flexibility index (Phi) is 4.88. The summed E-state index contributed by atoms with van der Waals surface area (Å²) in [7, 11) is 1.70. The van der Waals surface area contributed by atoms with Crippen molar-refractivity contribution < 1.29 is 27.1 Å². The molecule has 0 bridgehead atoms. The van der Waals surface area contributed by atoms with Gasteiger partial charge in [0, 0.05) is 30.6 Å². The Morgan fingerprint density at radius 1 is 1.26 bits per heavy atom. The summed E-state index contributed by atoms with van der Waals surface area (Å²) in [4.78, 5) is 19.1. The fourth-order valence-corrected chi connectivity index (χ4v) is 4.43. The van der Waals surface area contributed by atoms with Gasteiger partial charge in [-0.3, -0.25) is 9.48 Å². The lowest BCUT2D eigenvalue weighted by molar-refractivity contribution is -0.137. The van der Waals surface area contributed by atoms with Gasteiger partial charge < -0.3 is 15.4 Å². The number of carbonyl (C=O) groups excluding carboxylic acids is 1. The molecule has 0 saturated carbocycles. The van der Waals surface area contributed by atoms with E-state index in [9.17, 15) is 18.0 Å². The maximum Gasteiger partial charge on any atom is 0.416 e. The Bertz CT molecular complexity index is 1460. The van der Waals surface area contributed by atoms with Crippen molar-refractivity contribution in [2.45, 2.75) is 19.1 Å². The molecule has 7 nitrogen and oxygen atoms in total. The van der Waals surface area contributed by atoms with Crippen molar-refractivity contribution in [3.05, 3.63) is 59.0 Å². The molecule has 2 N–H and O–H groups in total. The average Bonchev–Trinajstić information content (AvgIpc) is 3.37. The number of aromatic nitrogens is 3. The van der Waals surface area contributed by atoms with Crippen LogP contribution in [-0.4, -0.2) is 38.7 Å². The maximum atomic E-state index is 15.1. The highest BCUT2D eigenvalue weighted by atomic mass is 19.4. The zero-order chi connectivity index (χ0) is 24.4. The Balaban J connectivity index is 1.57. The number of aryl methyl sites for hydroxylation is 1. The lowest BCUT2D eigenvalue weighted by Gasteiger charge is -2.27. The van der Waals surface area contributed by atoms with Crippen LogP contribution in [0, 0.1) is 5.82 Å². The maximum absolute atomic E-state index is 15.1. The molecule has 3 heterocycles. The van der Waals surface area contributed by atoms with Gasteiger partial charge in [0.05, 0.1) is 39.8 Å². The fraction of sp³-hybridized carbons (Fsp3) is 0.261. The van der Waals surface area contributed by atoms with Crippen LogP contribution in [-0.2, 0) is 13.2 Å². The number of nitrogens with two attached hydrogens (primary N) is 1. The van der Waals surface area contributed by atoms with Crippen LogP contribution in [0.5, 0.6) is 5.75 Å². The number of hydrogen-bond donors (Lipinski definition) is 1. The van der Waals surface area contributed by atoms with E-state index in [1.54, 1.807) is 24.9 Å². The van der Waals surface area contributed by atoms with Gasteiger partial charge in [0.1, 0.15) is 24.0 Å². The summed E-state index contributed by atoms with van der Waals surface area (Å²) >= 11 is 0. The Labute approximate surface area is 190 Å². The minimum absolute atomic E-state index is 0.0323. The third-order valence-electron chi connectivity index (χ3n) is 6.10. The van der Waals surface area contributed by atoms with Gasteiger partial charge in [-0.05, 0) is 25.1 Å². The number of amides is 1. The highest BCUT2D eigenvalue weighted by Gasteiger charge is 2.37. The molecule has 34 heavy (non-hydrogen) atoms. The van der Waals surface area contributed by atoms with Gasteiger partial charge in [-0.2, -0.15) is 18.3 Å². The van der Waals surface area contributed by atoms with E-state index < -0.39 is 29.5 Å². The molecule has 1 aliphatic heterocycles. The molecule has 0 aliphatic carbocycles. The molecule has 2 aromatic heterocycles. The first kappa shape index (κ1) is 21.9. The normalized spacial score (nSPS) is 15.5. The number of alkyl halides is 3. The highest BCUT2D eigenvalue weighted by Crippen LogP contribution is 2.41. The van der Waals surface area contributed by atoms with Crippen LogP contribution < -0.4 is 10.5 Å². The number of fused-ring (bicyclic) bond motifs is 4. The van der Waals surface area contributed by atoms with E-state index in [4.69, 9.17) is 10.5 Å².